The minimum atomic E-state index is -0.740. The number of thiophene rings is 1. The van der Waals surface area contributed by atoms with Crippen LogP contribution in [0.1, 0.15) is 23.6 Å². The van der Waals surface area contributed by atoms with Gasteiger partial charge in [0.25, 0.3) is 5.91 Å². The topological polar surface area (TPSA) is 50.7 Å². The van der Waals surface area contributed by atoms with Crippen LogP contribution in [0.2, 0.25) is 10.0 Å². The van der Waals surface area contributed by atoms with Crippen LogP contribution >= 0.6 is 34.5 Å². The Morgan fingerprint density at radius 2 is 2.04 bits per heavy atom. The molecule has 23 heavy (non-hydrogen) atoms. The second-order valence-electron chi connectivity index (χ2n) is 4.92. The van der Waals surface area contributed by atoms with Gasteiger partial charge in [0.05, 0.1) is 15.6 Å². The van der Waals surface area contributed by atoms with Gasteiger partial charge >= 0.3 is 0 Å². The second-order valence-corrected chi connectivity index (χ2v) is 7.05. The molecule has 0 saturated carbocycles. The van der Waals surface area contributed by atoms with Gasteiger partial charge in [0.1, 0.15) is 5.75 Å². The third-order valence-electron chi connectivity index (χ3n) is 3.00. The minimum Gasteiger partial charge on any atom is -0.479 e. The van der Waals surface area contributed by atoms with Crippen molar-refractivity contribution in [3.63, 3.8) is 0 Å². The van der Waals surface area contributed by atoms with Crippen LogP contribution in [-0.2, 0) is 4.79 Å². The summed E-state index contributed by atoms with van der Waals surface area (Å²) in [4.78, 5) is 14.3. The van der Waals surface area contributed by atoms with E-state index in [2.05, 4.69) is 10.5 Å². The van der Waals surface area contributed by atoms with Crippen molar-refractivity contribution in [1.82, 2.24) is 5.43 Å². The van der Waals surface area contributed by atoms with Gasteiger partial charge in [-0.1, -0.05) is 23.2 Å². The Morgan fingerprint density at radius 1 is 1.30 bits per heavy atom. The van der Waals surface area contributed by atoms with Gasteiger partial charge in [0.2, 0.25) is 0 Å². The maximum absolute atomic E-state index is 12.1. The number of benzene rings is 1. The average Bonchev–Trinajstić information content (AvgIpc) is 2.93. The summed E-state index contributed by atoms with van der Waals surface area (Å²) in [6, 6.07) is 8.81. The zero-order valence-electron chi connectivity index (χ0n) is 12.9. The molecule has 0 bridgehead atoms. The zero-order valence-corrected chi connectivity index (χ0v) is 15.2. The molecule has 0 fully saturated rings. The van der Waals surface area contributed by atoms with Crippen LogP contribution in [0, 0.1) is 6.92 Å². The van der Waals surface area contributed by atoms with Crippen LogP contribution in [0.3, 0.4) is 0 Å². The van der Waals surface area contributed by atoms with Crippen LogP contribution in [-0.4, -0.2) is 17.7 Å². The Morgan fingerprint density at radius 3 is 2.65 bits per heavy atom. The quantitative estimate of drug-likeness (QED) is 0.613. The molecule has 2 rings (SSSR count). The van der Waals surface area contributed by atoms with E-state index in [9.17, 15) is 4.79 Å². The highest BCUT2D eigenvalue weighted by Crippen LogP contribution is 2.28. The first kappa shape index (κ1) is 17.8. The predicted octanol–water partition coefficient (Wildman–Crippen LogP) is 4.67. The van der Waals surface area contributed by atoms with Crippen LogP contribution in [0.5, 0.6) is 5.75 Å². The van der Waals surface area contributed by atoms with Gasteiger partial charge in [-0.25, -0.2) is 5.43 Å². The van der Waals surface area contributed by atoms with Crippen molar-refractivity contribution in [2.24, 2.45) is 5.10 Å². The SMILES string of the molecule is C/C(=N/NC(=O)[C@H](C)Oc1ccc(Cl)cc1Cl)c1ccc(C)s1. The van der Waals surface area contributed by atoms with Crippen LogP contribution < -0.4 is 10.2 Å². The maximum atomic E-state index is 12.1. The van der Waals surface area contributed by atoms with E-state index in [1.54, 1.807) is 36.5 Å². The molecule has 1 atom stereocenters. The van der Waals surface area contributed by atoms with Gasteiger partial charge in [0.15, 0.2) is 6.10 Å². The predicted molar refractivity (Wildman–Crippen MR) is 96.0 cm³/mol. The number of rotatable bonds is 5. The van der Waals surface area contributed by atoms with E-state index in [0.29, 0.717) is 15.8 Å². The van der Waals surface area contributed by atoms with Crippen LogP contribution in [0.25, 0.3) is 0 Å². The number of hydrogen-bond acceptors (Lipinski definition) is 4. The van der Waals surface area contributed by atoms with E-state index in [1.165, 1.54) is 4.88 Å². The van der Waals surface area contributed by atoms with E-state index >= 15 is 0 Å². The Kier molecular flexibility index (Phi) is 6.04. The highest BCUT2D eigenvalue weighted by atomic mass is 35.5. The van der Waals surface area contributed by atoms with Crippen molar-refractivity contribution < 1.29 is 9.53 Å². The van der Waals surface area contributed by atoms with E-state index < -0.39 is 6.10 Å². The van der Waals surface area contributed by atoms with Crippen molar-refractivity contribution in [1.29, 1.82) is 0 Å². The number of carbonyl (C=O) groups is 1. The van der Waals surface area contributed by atoms with E-state index in [-0.39, 0.29) is 5.91 Å². The molecule has 0 aliphatic heterocycles. The van der Waals surface area contributed by atoms with Gasteiger partial charge in [-0.3, -0.25) is 4.79 Å². The number of halogens is 2. The van der Waals surface area contributed by atoms with E-state index in [4.69, 9.17) is 27.9 Å². The number of hydrazone groups is 1. The monoisotopic (exact) mass is 370 g/mol. The number of aryl methyl sites for hydroxylation is 1. The van der Waals surface area contributed by atoms with Gasteiger partial charge in [-0.15, -0.1) is 11.3 Å². The normalized spacial score (nSPS) is 12.8. The van der Waals surface area contributed by atoms with Gasteiger partial charge in [-0.2, -0.15) is 5.10 Å². The molecule has 0 radical (unpaired) electrons. The molecule has 0 saturated heterocycles. The van der Waals surface area contributed by atoms with E-state index in [0.717, 1.165) is 10.6 Å². The summed E-state index contributed by atoms with van der Waals surface area (Å²) in [6.45, 7) is 5.49. The number of hydrogen-bond donors (Lipinski definition) is 1. The fraction of sp³-hybridized carbons (Fsp3) is 0.250. The van der Waals surface area contributed by atoms with Crippen molar-refractivity contribution in [2.45, 2.75) is 26.9 Å². The van der Waals surface area contributed by atoms with Crippen molar-refractivity contribution in [3.8, 4) is 5.75 Å². The lowest BCUT2D eigenvalue weighted by Crippen LogP contribution is -2.34. The van der Waals surface area contributed by atoms with Gasteiger partial charge < -0.3 is 4.74 Å². The molecule has 4 nitrogen and oxygen atoms in total. The molecule has 0 unspecified atom stereocenters. The number of carbonyl (C=O) groups excluding carboxylic acids is 1. The first-order valence-corrected chi connectivity index (χ1v) is 8.46. The molecule has 1 heterocycles. The Balaban J connectivity index is 1.97. The first-order valence-electron chi connectivity index (χ1n) is 6.89. The average molecular weight is 371 g/mol. The smallest absolute Gasteiger partial charge is 0.280 e. The molecule has 2 aromatic rings. The highest BCUT2D eigenvalue weighted by molar-refractivity contribution is 7.14. The van der Waals surface area contributed by atoms with Crippen LogP contribution in [0.4, 0.5) is 0 Å². The lowest BCUT2D eigenvalue weighted by molar-refractivity contribution is -0.127. The Labute approximate surface area is 149 Å². The molecular weight excluding hydrogens is 355 g/mol. The summed E-state index contributed by atoms with van der Waals surface area (Å²) in [5, 5.41) is 4.96. The molecule has 0 aliphatic carbocycles. The zero-order chi connectivity index (χ0) is 17.0. The molecule has 122 valence electrons. The molecule has 1 aromatic carbocycles. The van der Waals surface area contributed by atoms with Gasteiger partial charge in [-0.05, 0) is 51.1 Å². The summed E-state index contributed by atoms with van der Waals surface area (Å²) < 4.78 is 5.53. The Bertz CT molecular complexity index is 743. The molecule has 0 spiro atoms. The molecule has 7 heteroatoms. The first-order chi connectivity index (χ1) is 10.9. The Hall–Kier alpha value is -1.56. The molecule has 1 N–H and O–H groups in total. The largest absolute Gasteiger partial charge is 0.479 e. The van der Waals surface area contributed by atoms with Gasteiger partial charge in [0, 0.05) is 9.90 Å². The number of ether oxygens (including phenoxy) is 1. The van der Waals surface area contributed by atoms with Crippen molar-refractivity contribution in [2.75, 3.05) is 0 Å². The summed E-state index contributed by atoms with van der Waals surface area (Å²) in [7, 11) is 0. The summed E-state index contributed by atoms with van der Waals surface area (Å²) in [5.74, 6) is 0.0388. The summed E-state index contributed by atoms with van der Waals surface area (Å²) in [5.41, 5.74) is 3.25. The fourth-order valence-corrected chi connectivity index (χ4v) is 2.99. The summed E-state index contributed by atoms with van der Waals surface area (Å²) >= 11 is 13.5. The maximum Gasteiger partial charge on any atom is 0.280 e. The molecule has 1 amide bonds. The number of amides is 1. The minimum absolute atomic E-state index is 0.353. The third-order valence-corrected chi connectivity index (χ3v) is 4.64. The van der Waals surface area contributed by atoms with Crippen molar-refractivity contribution >= 4 is 46.2 Å². The highest BCUT2D eigenvalue weighted by Gasteiger charge is 2.16. The molecular formula is C16H16Cl2N2O2S. The fourth-order valence-electron chi connectivity index (χ4n) is 1.73. The number of nitrogens with zero attached hydrogens (tertiary/aromatic N) is 1. The lowest BCUT2D eigenvalue weighted by Gasteiger charge is -2.14. The standard InChI is InChI=1S/C16H16Cl2N2O2S/c1-9-4-7-15(23-9)10(2)19-20-16(21)11(3)22-14-6-5-12(17)8-13(14)18/h4-8,11H,1-3H3,(H,20,21)/b19-10-/t11-/m0/s1. The second kappa shape index (κ2) is 7.81. The lowest BCUT2D eigenvalue weighted by atomic mass is 10.3. The number of nitrogens with one attached hydrogen (secondary N) is 1. The van der Waals surface area contributed by atoms with Crippen molar-refractivity contribution in [3.05, 3.63) is 50.1 Å². The third kappa shape index (κ3) is 4.96. The van der Waals surface area contributed by atoms with Crippen LogP contribution in [0.15, 0.2) is 35.4 Å². The molecule has 0 aliphatic rings. The van der Waals surface area contributed by atoms with E-state index in [1.807, 2.05) is 26.0 Å². The molecule has 1 aromatic heterocycles. The summed E-state index contributed by atoms with van der Waals surface area (Å²) in [6.07, 6.45) is -0.740.